The lowest BCUT2D eigenvalue weighted by Crippen LogP contribution is -2.73. The van der Waals surface area contributed by atoms with Crippen molar-refractivity contribution < 1.29 is 9.53 Å². The van der Waals surface area contributed by atoms with Gasteiger partial charge in [-0.05, 0) is 52.6 Å². The molecule has 21 heavy (non-hydrogen) atoms. The number of carbonyl (C=O) groups is 1. The van der Waals surface area contributed by atoms with Crippen LogP contribution in [0.3, 0.4) is 0 Å². The van der Waals surface area contributed by atoms with Gasteiger partial charge < -0.3 is 19.9 Å². The zero-order valence-corrected chi connectivity index (χ0v) is 13.7. The van der Waals surface area contributed by atoms with Crippen molar-refractivity contribution in [2.75, 3.05) is 45.8 Å². The van der Waals surface area contributed by atoms with Crippen molar-refractivity contribution in [1.82, 2.24) is 15.1 Å². The molecule has 0 aromatic carbocycles. The molecule has 0 aromatic rings. The third-order valence-corrected chi connectivity index (χ3v) is 4.80. The Morgan fingerprint density at radius 3 is 2.38 bits per heavy atom. The molecule has 3 rings (SSSR count). The monoisotopic (exact) mass is 295 g/mol. The molecule has 3 aliphatic rings. The third-order valence-electron chi connectivity index (χ3n) is 4.80. The van der Waals surface area contributed by atoms with Gasteiger partial charge in [0.1, 0.15) is 5.60 Å². The maximum Gasteiger partial charge on any atom is 0.410 e. The van der Waals surface area contributed by atoms with Crippen molar-refractivity contribution in [3.8, 4) is 0 Å². The molecular formula is C16H29N3O2. The van der Waals surface area contributed by atoms with Crippen LogP contribution in [0.25, 0.3) is 0 Å². The summed E-state index contributed by atoms with van der Waals surface area (Å²) in [6.07, 6.45) is 2.48. The highest BCUT2D eigenvalue weighted by atomic mass is 16.6. The third kappa shape index (κ3) is 3.51. The van der Waals surface area contributed by atoms with E-state index in [1.165, 1.54) is 32.5 Å². The molecule has 5 nitrogen and oxygen atoms in total. The molecule has 0 bridgehead atoms. The fourth-order valence-electron chi connectivity index (χ4n) is 3.88. The van der Waals surface area contributed by atoms with E-state index in [-0.39, 0.29) is 11.7 Å². The number of nitrogens with zero attached hydrogens (tertiary/aromatic N) is 2. The summed E-state index contributed by atoms with van der Waals surface area (Å²) in [4.78, 5) is 16.4. The van der Waals surface area contributed by atoms with Gasteiger partial charge in [0.25, 0.3) is 0 Å². The summed E-state index contributed by atoms with van der Waals surface area (Å²) in [5, 5.41) is 3.42. The van der Waals surface area contributed by atoms with Gasteiger partial charge in [-0.25, -0.2) is 4.79 Å². The predicted molar refractivity (Wildman–Crippen MR) is 82.3 cm³/mol. The standard InChI is InChI=1S/C16H29N3O2/c1-15(2,3)21-14(20)19-11-16(12-19)9-18(10-16)8-13-4-6-17-7-5-13/h13,17H,4-12H2,1-3H3. The van der Waals surface area contributed by atoms with Crippen LogP contribution in [0.2, 0.25) is 0 Å². The van der Waals surface area contributed by atoms with E-state index in [0.29, 0.717) is 5.41 Å². The van der Waals surface area contributed by atoms with Gasteiger partial charge in [-0.2, -0.15) is 0 Å². The summed E-state index contributed by atoms with van der Waals surface area (Å²) >= 11 is 0. The molecular weight excluding hydrogens is 266 g/mol. The first kappa shape index (κ1) is 15.1. The second-order valence-electron chi connectivity index (χ2n) is 8.20. The smallest absolute Gasteiger partial charge is 0.410 e. The molecule has 3 saturated heterocycles. The Morgan fingerprint density at radius 1 is 1.19 bits per heavy atom. The van der Waals surface area contributed by atoms with Crippen molar-refractivity contribution in [3.05, 3.63) is 0 Å². The van der Waals surface area contributed by atoms with Gasteiger partial charge in [0.2, 0.25) is 0 Å². The number of likely N-dealkylation sites (tertiary alicyclic amines) is 2. The maximum atomic E-state index is 12.0. The second kappa shape index (κ2) is 5.43. The van der Waals surface area contributed by atoms with E-state index in [9.17, 15) is 4.79 Å². The van der Waals surface area contributed by atoms with E-state index >= 15 is 0 Å². The molecule has 1 N–H and O–H groups in total. The molecule has 3 aliphatic heterocycles. The summed E-state index contributed by atoms with van der Waals surface area (Å²) in [6, 6.07) is 0. The first-order chi connectivity index (χ1) is 9.85. The molecule has 0 aliphatic carbocycles. The Bertz CT molecular complexity index is 385. The summed E-state index contributed by atoms with van der Waals surface area (Å²) in [7, 11) is 0. The van der Waals surface area contributed by atoms with E-state index in [2.05, 4.69) is 10.2 Å². The lowest BCUT2D eigenvalue weighted by atomic mass is 9.72. The number of amides is 1. The normalized spacial score (nSPS) is 26.3. The van der Waals surface area contributed by atoms with Gasteiger partial charge in [-0.1, -0.05) is 0 Å². The van der Waals surface area contributed by atoms with Gasteiger partial charge in [-0.15, -0.1) is 0 Å². The molecule has 0 saturated carbocycles. The number of hydrogen-bond donors (Lipinski definition) is 1. The lowest BCUT2D eigenvalue weighted by Gasteiger charge is -2.60. The minimum atomic E-state index is -0.388. The fraction of sp³-hybridized carbons (Fsp3) is 0.938. The van der Waals surface area contributed by atoms with Crippen LogP contribution in [0.5, 0.6) is 0 Å². The topological polar surface area (TPSA) is 44.8 Å². The number of ether oxygens (including phenoxy) is 1. The van der Waals surface area contributed by atoms with E-state index in [0.717, 1.165) is 32.1 Å². The van der Waals surface area contributed by atoms with Gasteiger partial charge >= 0.3 is 6.09 Å². The Balaban J connectivity index is 1.36. The first-order valence-corrected chi connectivity index (χ1v) is 8.26. The predicted octanol–water partition coefficient (Wildman–Crippen LogP) is 1.54. The number of carbonyl (C=O) groups excluding carboxylic acids is 1. The van der Waals surface area contributed by atoms with Crippen molar-refractivity contribution in [2.45, 2.75) is 39.2 Å². The van der Waals surface area contributed by atoms with E-state index < -0.39 is 0 Å². The minimum absolute atomic E-state index is 0.148. The van der Waals surface area contributed by atoms with Crippen molar-refractivity contribution in [1.29, 1.82) is 0 Å². The molecule has 0 aromatic heterocycles. The Morgan fingerprint density at radius 2 is 1.81 bits per heavy atom. The molecule has 0 radical (unpaired) electrons. The van der Waals surface area contributed by atoms with Crippen molar-refractivity contribution in [2.24, 2.45) is 11.3 Å². The van der Waals surface area contributed by atoms with Crippen LogP contribution < -0.4 is 5.32 Å². The maximum absolute atomic E-state index is 12.0. The Hall–Kier alpha value is -0.810. The van der Waals surface area contributed by atoms with Crippen LogP contribution in [-0.2, 0) is 4.74 Å². The molecule has 0 unspecified atom stereocenters. The zero-order valence-electron chi connectivity index (χ0n) is 13.7. The Labute approximate surface area is 128 Å². The molecule has 120 valence electrons. The lowest BCUT2D eigenvalue weighted by molar-refractivity contribution is -0.116. The van der Waals surface area contributed by atoms with Gasteiger partial charge in [0.15, 0.2) is 0 Å². The largest absolute Gasteiger partial charge is 0.444 e. The van der Waals surface area contributed by atoms with Gasteiger partial charge in [-0.3, -0.25) is 0 Å². The highest BCUT2D eigenvalue weighted by Crippen LogP contribution is 2.40. The summed E-state index contributed by atoms with van der Waals surface area (Å²) in [5.74, 6) is 0.866. The van der Waals surface area contributed by atoms with Crippen LogP contribution >= 0.6 is 0 Å². The summed E-state index contributed by atoms with van der Waals surface area (Å²) < 4.78 is 5.42. The minimum Gasteiger partial charge on any atom is -0.444 e. The fourth-order valence-corrected chi connectivity index (χ4v) is 3.88. The van der Waals surface area contributed by atoms with Crippen LogP contribution in [0.1, 0.15) is 33.6 Å². The number of rotatable bonds is 2. The molecule has 1 amide bonds. The van der Waals surface area contributed by atoms with Gasteiger partial charge in [0, 0.05) is 38.1 Å². The second-order valence-corrected chi connectivity index (χ2v) is 8.20. The quantitative estimate of drug-likeness (QED) is 0.839. The SMILES string of the molecule is CC(C)(C)OC(=O)N1CC2(CN(CC3CCNCC3)C2)C1. The van der Waals surface area contributed by atoms with Crippen LogP contribution in [0.4, 0.5) is 4.79 Å². The molecule has 5 heteroatoms. The summed E-state index contributed by atoms with van der Waals surface area (Å²) in [6.45, 7) is 13.4. The highest BCUT2D eigenvalue weighted by Gasteiger charge is 2.53. The number of hydrogen-bond acceptors (Lipinski definition) is 4. The van der Waals surface area contributed by atoms with Crippen molar-refractivity contribution >= 4 is 6.09 Å². The van der Waals surface area contributed by atoms with E-state index in [4.69, 9.17) is 4.74 Å². The average molecular weight is 295 g/mol. The highest BCUT2D eigenvalue weighted by molar-refractivity contribution is 5.69. The van der Waals surface area contributed by atoms with Crippen LogP contribution in [0.15, 0.2) is 0 Å². The Kier molecular flexibility index (Phi) is 3.91. The van der Waals surface area contributed by atoms with E-state index in [1.54, 1.807) is 0 Å². The molecule has 3 fully saturated rings. The van der Waals surface area contributed by atoms with Gasteiger partial charge in [0.05, 0.1) is 0 Å². The van der Waals surface area contributed by atoms with Crippen LogP contribution in [-0.4, -0.2) is 67.3 Å². The number of nitrogens with one attached hydrogen (secondary N) is 1. The molecule has 1 spiro atoms. The number of piperidine rings is 1. The average Bonchev–Trinajstić information content (AvgIpc) is 2.29. The summed E-state index contributed by atoms with van der Waals surface area (Å²) in [5.41, 5.74) is -0.00960. The van der Waals surface area contributed by atoms with E-state index in [1.807, 2.05) is 25.7 Å². The molecule has 3 heterocycles. The zero-order chi connectivity index (χ0) is 15.1. The first-order valence-electron chi connectivity index (χ1n) is 8.26. The van der Waals surface area contributed by atoms with Crippen LogP contribution in [0, 0.1) is 11.3 Å². The molecule has 0 atom stereocenters. The van der Waals surface area contributed by atoms with Crippen molar-refractivity contribution in [3.63, 3.8) is 0 Å².